The highest BCUT2D eigenvalue weighted by Crippen LogP contribution is 2.53. The summed E-state index contributed by atoms with van der Waals surface area (Å²) in [7, 11) is 0. The molecular formula is C53H73N9O5. The summed E-state index contributed by atoms with van der Waals surface area (Å²) in [5, 5.41) is 25.1. The minimum absolute atomic E-state index is 0.113. The van der Waals surface area contributed by atoms with Gasteiger partial charge in [0.05, 0.1) is 28.6 Å². The summed E-state index contributed by atoms with van der Waals surface area (Å²) >= 11 is 0. The predicted molar refractivity (Wildman–Crippen MR) is 264 cm³/mol. The van der Waals surface area contributed by atoms with Gasteiger partial charge in [0.25, 0.3) is 11.8 Å². The van der Waals surface area contributed by atoms with Gasteiger partial charge in [0.2, 0.25) is 11.8 Å². The average molecular weight is 916 g/mol. The van der Waals surface area contributed by atoms with Crippen molar-refractivity contribution in [3.05, 3.63) is 71.8 Å². The highest BCUT2D eigenvalue weighted by molar-refractivity contribution is 6.23. The summed E-state index contributed by atoms with van der Waals surface area (Å²) in [4.78, 5) is 61.9. The van der Waals surface area contributed by atoms with E-state index in [1.807, 2.05) is 44.2 Å². The van der Waals surface area contributed by atoms with Gasteiger partial charge in [-0.1, -0.05) is 58.4 Å². The number of allylic oxidation sites excluding steroid dienone is 2. The number of nitrogens with one attached hydrogen (secondary N) is 2. The lowest BCUT2D eigenvalue weighted by molar-refractivity contribution is -0.136. The quantitative estimate of drug-likeness (QED) is 0.136. The van der Waals surface area contributed by atoms with E-state index in [0.717, 1.165) is 92.0 Å². The molecule has 67 heavy (non-hydrogen) atoms. The van der Waals surface area contributed by atoms with Gasteiger partial charge in [0.15, 0.2) is 5.82 Å². The molecule has 5 fully saturated rings. The van der Waals surface area contributed by atoms with E-state index in [4.69, 9.17) is 0 Å². The number of para-hydroxylation sites is 1. The number of imide groups is 2. The molecule has 4 amide bonds. The number of phenolic OH excluding ortho intramolecular Hbond substituents is 1. The first kappa shape index (κ1) is 48.1. The van der Waals surface area contributed by atoms with Crippen LogP contribution in [0, 0.1) is 23.2 Å². The standard InChI is InChI=1S/C43H51N9O5.C8H16.C2H6/c53-37-4-2-1-3-32(37)34-20-36-39(47-46-34)44-23-30-26-49(17-18-51(30)36)24-27-9-13-48(14-10-27)25-28-21-43(22-28)11-15-50(16-12-43)29-5-6-31-33(19-29)42(57)52(41(31)56)35-7-8-38(54)45-40(35)55;1-4-6-8(3)7-5-2;1-2/h1-6,19-20,27-28,30,35,53H,7-18,21-26H2,(H,44,47)(H,45,54,55);4,6,8H,5,7H2,1-3H3;1-2H3/t;8-;/m.0./s1. The summed E-state index contributed by atoms with van der Waals surface area (Å²) in [5.74, 6) is 1.46. The Labute approximate surface area is 397 Å². The molecule has 14 heteroatoms. The lowest BCUT2D eigenvalue weighted by Crippen LogP contribution is -2.58. The van der Waals surface area contributed by atoms with E-state index in [9.17, 15) is 24.3 Å². The molecule has 2 unspecified atom stereocenters. The monoisotopic (exact) mass is 916 g/mol. The van der Waals surface area contributed by atoms with E-state index >= 15 is 0 Å². The van der Waals surface area contributed by atoms with Gasteiger partial charge in [0.1, 0.15) is 11.8 Å². The summed E-state index contributed by atoms with van der Waals surface area (Å²) in [6.07, 6.45) is 14.7. The van der Waals surface area contributed by atoms with Crippen LogP contribution in [0.4, 0.5) is 17.2 Å². The van der Waals surface area contributed by atoms with Crippen molar-refractivity contribution in [2.45, 2.75) is 111 Å². The first-order valence-electron chi connectivity index (χ1n) is 25.4. The molecule has 14 nitrogen and oxygen atoms in total. The summed E-state index contributed by atoms with van der Waals surface area (Å²) in [5.41, 5.74) is 4.52. The molecule has 3 aromatic rings. The van der Waals surface area contributed by atoms with Crippen molar-refractivity contribution < 1.29 is 24.3 Å². The van der Waals surface area contributed by atoms with Gasteiger partial charge >= 0.3 is 0 Å². The zero-order valence-electron chi connectivity index (χ0n) is 40.5. The van der Waals surface area contributed by atoms with Crippen molar-refractivity contribution in [1.29, 1.82) is 0 Å². The Balaban J connectivity index is 0.000000554. The maximum Gasteiger partial charge on any atom is 0.262 e. The van der Waals surface area contributed by atoms with Crippen molar-refractivity contribution in [2.75, 3.05) is 80.6 Å². The second-order valence-corrected chi connectivity index (χ2v) is 19.9. The molecule has 7 heterocycles. The fourth-order valence-corrected chi connectivity index (χ4v) is 11.9. The van der Waals surface area contributed by atoms with E-state index in [0.29, 0.717) is 33.8 Å². The number of nitrogens with zero attached hydrogens (tertiary/aromatic N) is 7. The Morgan fingerprint density at radius 3 is 2.28 bits per heavy atom. The normalized spacial score (nSPS) is 23.6. The molecule has 3 N–H and O–H groups in total. The number of piperidine rings is 3. The maximum atomic E-state index is 13.4. The number of carbonyl (C=O) groups is 4. The zero-order valence-corrected chi connectivity index (χ0v) is 40.5. The molecule has 1 saturated carbocycles. The van der Waals surface area contributed by atoms with E-state index in [1.54, 1.807) is 12.1 Å². The second-order valence-electron chi connectivity index (χ2n) is 19.9. The largest absolute Gasteiger partial charge is 0.507 e. The summed E-state index contributed by atoms with van der Waals surface area (Å²) in [6.45, 7) is 21.1. The van der Waals surface area contributed by atoms with Crippen molar-refractivity contribution in [3.63, 3.8) is 0 Å². The number of piperazine rings is 1. The molecule has 1 aromatic heterocycles. The Morgan fingerprint density at radius 2 is 1.57 bits per heavy atom. The highest BCUT2D eigenvalue weighted by atomic mass is 16.3. The number of anilines is 3. The minimum Gasteiger partial charge on any atom is -0.507 e. The number of rotatable bonds is 10. The predicted octanol–water partition coefficient (Wildman–Crippen LogP) is 7.60. The van der Waals surface area contributed by atoms with Crippen LogP contribution in [0.3, 0.4) is 0 Å². The number of likely N-dealkylation sites (tertiary alicyclic amines) is 1. The van der Waals surface area contributed by atoms with Gasteiger partial charge in [-0.2, -0.15) is 0 Å². The van der Waals surface area contributed by atoms with Crippen LogP contribution < -0.4 is 20.4 Å². The Morgan fingerprint density at radius 1 is 0.836 bits per heavy atom. The van der Waals surface area contributed by atoms with E-state index in [1.165, 1.54) is 64.7 Å². The Kier molecular flexibility index (Phi) is 15.3. The molecule has 1 spiro atoms. The third-order valence-corrected chi connectivity index (χ3v) is 15.4. The smallest absolute Gasteiger partial charge is 0.262 e. The van der Waals surface area contributed by atoms with Gasteiger partial charge in [-0.05, 0) is 131 Å². The third-order valence-electron chi connectivity index (χ3n) is 15.4. The molecular weight excluding hydrogens is 843 g/mol. The fourth-order valence-electron chi connectivity index (χ4n) is 11.9. The number of carbonyl (C=O) groups excluding carboxylic acids is 4. The second kappa shape index (κ2) is 21.3. The van der Waals surface area contributed by atoms with Gasteiger partial charge in [-0.25, -0.2) is 0 Å². The molecule has 360 valence electrons. The van der Waals surface area contributed by atoms with E-state index < -0.39 is 23.8 Å². The molecule has 7 aliphatic rings. The number of phenols is 1. The Hall–Kier alpha value is -5.34. The molecule has 10 rings (SSSR count). The number of aromatic hydroxyl groups is 1. The first-order chi connectivity index (χ1) is 32.5. The maximum absolute atomic E-state index is 13.4. The molecule has 4 saturated heterocycles. The third kappa shape index (κ3) is 10.5. The SMILES string of the molecule is CC.CC=C[C@H](C)CCC.O=C1CCC(N2C(=O)c3ccc(N4CCC5(CC4)CC(CN4CCC(CN6CCN7c8cc(-c9ccccc9O)nnc8NCC7C6)CC4)C5)cc3C2=O)C(=O)N1. The molecule has 0 bridgehead atoms. The van der Waals surface area contributed by atoms with Crippen LogP contribution in [0.5, 0.6) is 5.75 Å². The van der Waals surface area contributed by atoms with Crippen molar-refractivity contribution in [1.82, 2.24) is 30.2 Å². The van der Waals surface area contributed by atoms with Crippen LogP contribution in [0.25, 0.3) is 11.3 Å². The number of amides is 4. The van der Waals surface area contributed by atoms with Crippen LogP contribution in [-0.4, -0.2) is 131 Å². The first-order valence-corrected chi connectivity index (χ1v) is 25.4. The highest BCUT2D eigenvalue weighted by Gasteiger charge is 2.48. The molecule has 0 radical (unpaired) electrons. The lowest BCUT2D eigenvalue weighted by atomic mass is 9.57. The van der Waals surface area contributed by atoms with Gasteiger partial charge < -0.3 is 25.1 Å². The fraction of sp³-hybridized carbons (Fsp3) is 0.585. The van der Waals surface area contributed by atoms with Crippen LogP contribution in [0.15, 0.2) is 60.7 Å². The number of hydrogen-bond donors (Lipinski definition) is 3. The molecule has 3 atom stereocenters. The molecule has 6 aliphatic heterocycles. The summed E-state index contributed by atoms with van der Waals surface area (Å²) < 4.78 is 0. The molecule has 2 aromatic carbocycles. The van der Waals surface area contributed by atoms with Crippen LogP contribution in [-0.2, 0) is 9.59 Å². The number of aromatic nitrogens is 2. The Bertz CT molecular complexity index is 2280. The van der Waals surface area contributed by atoms with Crippen molar-refractivity contribution >= 4 is 40.8 Å². The molecule has 1 aliphatic carbocycles. The summed E-state index contributed by atoms with van der Waals surface area (Å²) in [6, 6.07) is 14.3. The van der Waals surface area contributed by atoms with E-state index in [-0.39, 0.29) is 24.5 Å². The van der Waals surface area contributed by atoms with Gasteiger partial charge in [-0.15, -0.1) is 10.2 Å². The van der Waals surface area contributed by atoms with Gasteiger partial charge in [0, 0.05) is 70.0 Å². The van der Waals surface area contributed by atoms with E-state index in [2.05, 4.69) is 79.4 Å². The van der Waals surface area contributed by atoms with Crippen LogP contribution in [0.1, 0.15) is 120 Å². The number of fused-ring (bicyclic) bond motifs is 4. The zero-order chi connectivity index (χ0) is 47.2. The van der Waals surface area contributed by atoms with Crippen molar-refractivity contribution in [3.8, 4) is 17.0 Å². The number of benzene rings is 2. The van der Waals surface area contributed by atoms with Crippen LogP contribution >= 0.6 is 0 Å². The lowest BCUT2D eigenvalue weighted by Gasteiger charge is -2.54. The topological polar surface area (TPSA) is 155 Å². The van der Waals surface area contributed by atoms with Gasteiger partial charge in [-0.3, -0.25) is 34.3 Å². The minimum atomic E-state index is -0.947. The number of hydrogen-bond acceptors (Lipinski definition) is 12. The van der Waals surface area contributed by atoms with Crippen molar-refractivity contribution in [2.24, 2.45) is 23.2 Å². The van der Waals surface area contributed by atoms with Crippen LogP contribution in [0.2, 0.25) is 0 Å². The average Bonchev–Trinajstić information content (AvgIpc) is 3.57.